The molecule has 0 spiro atoms. The standard InChI is InChI=1S/C13H10BrClN4O4/c1-18-6-7(14)4-11(18)13(21)17-16-12(20)9-3-2-8(19(22)23)5-10(9)15/h2-6H,1H3,(H,16,20)(H,17,21). The van der Waals surface area contributed by atoms with Gasteiger partial charge in [-0.25, -0.2) is 0 Å². The minimum atomic E-state index is -0.688. The van der Waals surface area contributed by atoms with Gasteiger partial charge in [-0.3, -0.25) is 30.6 Å². The molecule has 10 heteroatoms. The van der Waals surface area contributed by atoms with Gasteiger partial charge >= 0.3 is 0 Å². The Labute approximate surface area is 143 Å². The molecule has 1 aromatic carbocycles. The minimum absolute atomic E-state index is 0.00521. The lowest BCUT2D eigenvalue weighted by Gasteiger charge is -2.08. The summed E-state index contributed by atoms with van der Waals surface area (Å²) in [6.45, 7) is 0. The van der Waals surface area contributed by atoms with Crippen LogP contribution in [0.3, 0.4) is 0 Å². The van der Waals surface area contributed by atoms with Crippen molar-refractivity contribution in [3.05, 3.63) is 61.3 Å². The largest absolute Gasteiger partial charge is 0.345 e. The first-order chi connectivity index (χ1) is 10.8. The minimum Gasteiger partial charge on any atom is -0.345 e. The molecule has 2 rings (SSSR count). The highest BCUT2D eigenvalue weighted by Crippen LogP contribution is 2.22. The van der Waals surface area contributed by atoms with E-state index in [4.69, 9.17) is 11.6 Å². The quantitative estimate of drug-likeness (QED) is 0.608. The first-order valence-corrected chi connectivity index (χ1v) is 7.33. The number of carbonyl (C=O) groups is 2. The van der Waals surface area contributed by atoms with Gasteiger partial charge in [0.2, 0.25) is 0 Å². The van der Waals surface area contributed by atoms with Gasteiger partial charge in [-0.15, -0.1) is 0 Å². The highest BCUT2D eigenvalue weighted by atomic mass is 79.9. The van der Waals surface area contributed by atoms with Crippen LogP contribution >= 0.6 is 27.5 Å². The number of nitro benzene ring substituents is 1. The maximum atomic E-state index is 12.0. The smallest absolute Gasteiger partial charge is 0.286 e. The van der Waals surface area contributed by atoms with Crippen LogP contribution in [-0.2, 0) is 7.05 Å². The van der Waals surface area contributed by atoms with E-state index in [2.05, 4.69) is 26.8 Å². The highest BCUT2D eigenvalue weighted by Gasteiger charge is 2.16. The summed E-state index contributed by atoms with van der Waals surface area (Å²) >= 11 is 9.08. The molecule has 2 aromatic rings. The van der Waals surface area contributed by atoms with Gasteiger partial charge < -0.3 is 4.57 Å². The zero-order valence-electron chi connectivity index (χ0n) is 11.7. The van der Waals surface area contributed by atoms with Gasteiger partial charge in [0.1, 0.15) is 5.69 Å². The monoisotopic (exact) mass is 400 g/mol. The number of benzene rings is 1. The summed E-state index contributed by atoms with van der Waals surface area (Å²) in [6, 6.07) is 5.00. The lowest BCUT2D eigenvalue weighted by Crippen LogP contribution is -2.42. The third kappa shape index (κ3) is 3.88. The molecule has 23 heavy (non-hydrogen) atoms. The highest BCUT2D eigenvalue weighted by molar-refractivity contribution is 9.10. The number of amides is 2. The van der Waals surface area contributed by atoms with Crippen LogP contribution < -0.4 is 10.9 Å². The van der Waals surface area contributed by atoms with E-state index in [1.54, 1.807) is 23.9 Å². The molecule has 0 aliphatic rings. The molecule has 0 saturated carbocycles. The summed E-state index contributed by atoms with van der Waals surface area (Å²) in [6.07, 6.45) is 1.68. The van der Waals surface area contributed by atoms with Gasteiger partial charge in [0.15, 0.2) is 0 Å². The fourth-order valence-electron chi connectivity index (χ4n) is 1.80. The molecule has 0 saturated heterocycles. The molecule has 0 aliphatic heterocycles. The summed E-state index contributed by atoms with van der Waals surface area (Å²) in [7, 11) is 1.68. The Morgan fingerprint density at radius 2 is 1.91 bits per heavy atom. The van der Waals surface area contributed by atoms with Crippen LogP contribution in [0.15, 0.2) is 34.9 Å². The SMILES string of the molecule is Cn1cc(Br)cc1C(=O)NNC(=O)c1ccc([N+](=O)[O-])cc1Cl. The second kappa shape index (κ2) is 6.80. The van der Waals surface area contributed by atoms with E-state index in [1.807, 2.05) is 0 Å². The van der Waals surface area contributed by atoms with Crippen molar-refractivity contribution in [2.75, 3.05) is 0 Å². The van der Waals surface area contributed by atoms with Gasteiger partial charge in [-0.2, -0.15) is 0 Å². The number of aromatic nitrogens is 1. The average Bonchev–Trinajstić information content (AvgIpc) is 2.83. The molecule has 2 amide bonds. The Hall–Kier alpha value is -2.39. The van der Waals surface area contributed by atoms with Crippen molar-refractivity contribution in [2.24, 2.45) is 7.05 Å². The fourth-order valence-corrected chi connectivity index (χ4v) is 2.58. The first kappa shape index (κ1) is 17.0. The van der Waals surface area contributed by atoms with Crippen molar-refractivity contribution in [3.63, 3.8) is 0 Å². The van der Waals surface area contributed by atoms with Gasteiger partial charge in [-0.1, -0.05) is 11.6 Å². The molecule has 1 heterocycles. The van der Waals surface area contributed by atoms with Crippen molar-refractivity contribution < 1.29 is 14.5 Å². The van der Waals surface area contributed by atoms with Crippen LogP contribution in [-0.4, -0.2) is 21.3 Å². The second-order valence-electron chi connectivity index (χ2n) is 4.48. The number of non-ortho nitro benzene ring substituents is 1. The molecule has 0 aliphatic carbocycles. The summed E-state index contributed by atoms with van der Waals surface area (Å²) in [5.74, 6) is -1.21. The summed E-state index contributed by atoms with van der Waals surface area (Å²) in [5, 5.41) is 10.5. The predicted molar refractivity (Wildman–Crippen MR) is 86.2 cm³/mol. The maximum Gasteiger partial charge on any atom is 0.286 e. The van der Waals surface area contributed by atoms with Gasteiger partial charge in [0.25, 0.3) is 17.5 Å². The third-order valence-corrected chi connectivity index (χ3v) is 3.65. The van der Waals surface area contributed by atoms with Crippen molar-refractivity contribution in [1.29, 1.82) is 0 Å². The summed E-state index contributed by atoms with van der Waals surface area (Å²) in [4.78, 5) is 33.9. The third-order valence-electron chi connectivity index (χ3n) is 2.90. The number of nitrogens with zero attached hydrogens (tertiary/aromatic N) is 2. The maximum absolute atomic E-state index is 12.0. The Kier molecular flexibility index (Phi) is 5.02. The molecule has 1 aromatic heterocycles. The number of hydrogen-bond donors (Lipinski definition) is 2. The van der Waals surface area contributed by atoms with Crippen LogP contribution in [0.2, 0.25) is 5.02 Å². The summed E-state index contributed by atoms with van der Waals surface area (Å²) < 4.78 is 2.29. The van der Waals surface area contributed by atoms with Crippen molar-refractivity contribution >= 4 is 45.0 Å². The van der Waals surface area contributed by atoms with E-state index in [9.17, 15) is 19.7 Å². The molecule has 0 radical (unpaired) electrons. The Balaban J connectivity index is 2.06. The predicted octanol–water partition coefficient (Wildman–Crippen LogP) is 2.42. The molecule has 2 N–H and O–H groups in total. The van der Waals surface area contributed by atoms with E-state index in [-0.39, 0.29) is 16.3 Å². The molecule has 0 unspecified atom stereocenters. The zero-order chi connectivity index (χ0) is 17.1. The lowest BCUT2D eigenvalue weighted by molar-refractivity contribution is -0.384. The van der Waals surface area contributed by atoms with Crippen molar-refractivity contribution in [2.45, 2.75) is 0 Å². The number of hydrazine groups is 1. The van der Waals surface area contributed by atoms with E-state index in [1.165, 1.54) is 6.07 Å². The van der Waals surface area contributed by atoms with Crippen LogP contribution in [0, 0.1) is 10.1 Å². The van der Waals surface area contributed by atoms with Crippen LogP contribution in [0.5, 0.6) is 0 Å². The molecule has 8 nitrogen and oxygen atoms in total. The van der Waals surface area contributed by atoms with Crippen LogP contribution in [0.1, 0.15) is 20.8 Å². The Morgan fingerprint density at radius 1 is 1.26 bits per heavy atom. The van der Waals surface area contributed by atoms with Crippen LogP contribution in [0.4, 0.5) is 5.69 Å². The molecule has 120 valence electrons. The van der Waals surface area contributed by atoms with Crippen LogP contribution in [0.25, 0.3) is 0 Å². The van der Waals surface area contributed by atoms with E-state index in [0.717, 1.165) is 16.6 Å². The summed E-state index contributed by atoms with van der Waals surface area (Å²) in [5.41, 5.74) is 4.54. The first-order valence-electron chi connectivity index (χ1n) is 6.16. The average molecular weight is 402 g/mol. The second-order valence-corrected chi connectivity index (χ2v) is 5.81. The molecule has 0 bridgehead atoms. The number of aryl methyl sites for hydroxylation is 1. The number of nitrogens with one attached hydrogen (secondary N) is 2. The van der Waals surface area contributed by atoms with Gasteiger partial charge in [0, 0.05) is 29.8 Å². The van der Waals surface area contributed by atoms with E-state index >= 15 is 0 Å². The van der Waals surface area contributed by atoms with E-state index < -0.39 is 16.7 Å². The topological polar surface area (TPSA) is 106 Å². The Bertz CT molecular complexity index is 805. The fraction of sp³-hybridized carbons (Fsp3) is 0.0769. The molecule has 0 fully saturated rings. The van der Waals surface area contributed by atoms with Crippen molar-refractivity contribution in [1.82, 2.24) is 15.4 Å². The number of halogens is 2. The van der Waals surface area contributed by atoms with E-state index in [0.29, 0.717) is 5.69 Å². The van der Waals surface area contributed by atoms with Crippen molar-refractivity contribution in [3.8, 4) is 0 Å². The van der Waals surface area contributed by atoms with Gasteiger partial charge in [-0.05, 0) is 28.1 Å². The number of rotatable bonds is 3. The Morgan fingerprint density at radius 3 is 2.43 bits per heavy atom. The zero-order valence-corrected chi connectivity index (χ0v) is 14.0. The molecular weight excluding hydrogens is 392 g/mol. The number of carbonyl (C=O) groups excluding carboxylic acids is 2. The molecule has 0 atom stereocenters. The van der Waals surface area contributed by atoms with Gasteiger partial charge in [0.05, 0.1) is 15.5 Å². The normalized spacial score (nSPS) is 10.2. The lowest BCUT2D eigenvalue weighted by atomic mass is 10.2. The number of hydrogen-bond acceptors (Lipinski definition) is 4. The molecular formula is C13H10BrClN4O4. The number of nitro groups is 1.